The number of ether oxygens (including phenoxy) is 1. The maximum absolute atomic E-state index is 12.3. The van der Waals surface area contributed by atoms with E-state index in [9.17, 15) is 4.79 Å². The summed E-state index contributed by atoms with van der Waals surface area (Å²) >= 11 is 0. The highest BCUT2D eigenvalue weighted by Gasteiger charge is 2.16. The molecule has 4 aromatic rings. The lowest BCUT2D eigenvalue weighted by atomic mass is 10.2. The molecule has 2 aromatic carbocycles. The van der Waals surface area contributed by atoms with Crippen molar-refractivity contribution in [2.45, 2.75) is 13.0 Å². The fourth-order valence-electron chi connectivity index (χ4n) is 3.15. The van der Waals surface area contributed by atoms with Gasteiger partial charge in [0.25, 0.3) is 5.91 Å². The van der Waals surface area contributed by atoms with E-state index in [0.717, 1.165) is 22.4 Å². The third-order valence-electron chi connectivity index (χ3n) is 4.58. The number of para-hydroxylation sites is 2. The number of aryl methyl sites for hydroxylation is 2. The van der Waals surface area contributed by atoms with E-state index in [-0.39, 0.29) is 18.6 Å². The number of rotatable bonds is 6. The Balaban J connectivity index is 1.35. The summed E-state index contributed by atoms with van der Waals surface area (Å²) in [6.07, 6.45) is 0. The number of aromatic nitrogens is 6. The van der Waals surface area contributed by atoms with Gasteiger partial charge in [0.15, 0.2) is 6.61 Å². The fourth-order valence-corrected chi connectivity index (χ4v) is 3.15. The molecule has 0 radical (unpaired) electrons. The lowest BCUT2D eigenvalue weighted by molar-refractivity contribution is -0.123. The quantitative estimate of drug-likeness (QED) is 0.540. The van der Waals surface area contributed by atoms with Crippen molar-refractivity contribution in [1.29, 1.82) is 0 Å². The van der Waals surface area contributed by atoms with Gasteiger partial charge in [0.2, 0.25) is 5.82 Å². The van der Waals surface area contributed by atoms with Crippen LogP contribution < -0.4 is 10.1 Å². The first-order valence-electron chi connectivity index (χ1n) is 9.19. The first-order valence-corrected chi connectivity index (χ1v) is 9.19. The molecular formula is C20H21N7O2. The topological polar surface area (TPSA) is 99.8 Å². The molecule has 1 amide bonds. The second-order valence-electron chi connectivity index (χ2n) is 6.72. The molecule has 0 saturated heterocycles. The zero-order chi connectivity index (χ0) is 20.4. The van der Waals surface area contributed by atoms with Crippen LogP contribution in [0.2, 0.25) is 0 Å². The maximum Gasteiger partial charge on any atom is 0.258 e. The lowest BCUT2D eigenvalue weighted by Gasteiger charge is -2.14. The molecule has 1 atom stereocenters. The fraction of sp³-hybridized carbons (Fsp3) is 0.250. The monoisotopic (exact) mass is 391 g/mol. The Hall–Kier alpha value is -3.75. The molecule has 0 aliphatic heterocycles. The van der Waals surface area contributed by atoms with Crippen LogP contribution in [0, 0.1) is 0 Å². The molecule has 4 rings (SSSR count). The predicted octanol–water partition coefficient (Wildman–Crippen LogP) is 2.02. The number of carbonyl (C=O) groups excluding carboxylic acids is 1. The summed E-state index contributed by atoms with van der Waals surface area (Å²) in [5, 5.41) is 14.9. The van der Waals surface area contributed by atoms with E-state index in [1.807, 2.05) is 54.9 Å². The number of imidazole rings is 1. The minimum atomic E-state index is -0.242. The van der Waals surface area contributed by atoms with Gasteiger partial charge in [0.1, 0.15) is 11.6 Å². The molecule has 0 spiro atoms. The Morgan fingerprint density at radius 1 is 1.14 bits per heavy atom. The van der Waals surface area contributed by atoms with Gasteiger partial charge in [-0.1, -0.05) is 12.1 Å². The summed E-state index contributed by atoms with van der Waals surface area (Å²) in [6, 6.07) is 14.8. The summed E-state index contributed by atoms with van der Waals surface area (Å²) in [7, 11) is 3.65. The SMILES string of the molecule is C[C@@H](NC(=O)COc1ccc(-c2nnn(C)n2)cc1)c1nc2ccccc2n1C. The molecule has 148 valence electrons. The van der Waals surface area contributed by atoms with Gasteiger partial charge in [-0.2, -0.15) is 4.80 Å². The minimum absolute atomic E-state index is 0.0863. The Labute approximate surface area is 167 Å². The normalized spacial score (nSPS) is 12.1. The zero-order valence-corrected chi connectivity index (χ0v) is 16.4. The summed E-state index contributed by atoms with van der Waals surface area (Å²) in [5.74, 6) is 1.70. The van der Waals surface area contributed by atoms with E-state index >= 15 is 0 Å². The Kier molecular flexibility index (Phi) is 4.94. The van der Waals surface area contributed by atoms with Crippen LogP contribution in [0.3, 0.4) is 0 Å². The molecule has 9 heteroatoms. The zero-order valence-electron chi connectivity index (χ0n) is 16.4. The van der Waals surface area contributed by atoms with Crippen molar-refractivity contribution < 1.29 is 9.53 Å². The average molecular weight is 391 g/mol. The van der Waals surface area contributed by atoms with E-state index in [1.165, 1.54) is 4.80 Å². The second-order valence-corrected chi connectivity index (χ2v) is 6.72. The molecular weight excluding hydrogens is 370 g/mol. The standard InChI is InChI=1S/C20H21N7O2/c1-13(20-22-16-6-4-5-7-17(16)26(20)2)21-18(28)12-29-15-10-8-14(9-11-15)19-23-25-27(3)24-19/h4-11,13H,12H2,1-3H3,(H,21,28)/t13-/m1/s1. The molecule has 9 nitrogen and oxygen atoms in total. The van der Waals surface area contributed by atoms with Gasteiger partial charge in [-0.3, -0.25) is 4.79 Å². The van der Waals surface area contributed by atoms with Gasteiger partial charge in [0.05, 0.1) is 24.1 Å². The van der Waals surface area contributed by atoms with E-state index in [4.69, 9.17) is 4.74 Å². The summed E-state index contributed by atoms with van der Waals surface area (Å²) < 4.78 is 7.58. The smallest absolute Gasteiger partial charge is 0.258 e. The van der Waals surface area contributed by atoms with Crippen molar-refractivity contribution in [2.24, 2.45) is 14.1 Å². The van der Waals surface area contributed by atoms with Crippen LogP contribution in [0.4, 0.5) is 0 Å². The molecule has 0 bridgehead atoms. The van der Waals surface area contributed by atoms with Crippen LogP contribution >= 0.6 is 0 Å². The Morgan fingerprint density at radius 3 is 2.59 bits per heavy atom. The van der Waals surface area contributed by atoms with E-state index < -0.39 is 0 Å². The van der Waals surface area contributed by atoms with E-state index in [2.05, 4.69) is 25.7 Å². The Bertz CT molecular complexity index is 1150. The van der Waals surface area contributed by atoms with Gasteiger partial charge < -0.3 is 14.6 Å². The molecule has 29 heavy (non-hydrogen) atoms. The number of hydrogen-bond donors (Lipinski definition) is 1. The number of amides is 1. The lowest BCUT2D eigenvalue weighted by Crippen LogP contribution is -2.32. The van der Waals surface area contributed by atoms with Crippen molar-refractivity contribution in [3.63, 3.8) is 0 Å². The van der Waals surface area contributed by atoms with Crippen molar-refractivity contribution >= 4 is 16.9 Å². The van der Waals surface area contributed by atoms with Crippen molar-refractivity contribution in [3.05, 3.63) is 54.4 Å². The van der Waals surface area contributed by atoms with Gasteiger partial charge >= 0.3 is 0 Å². The van der Waals surface area contributed by atoms with Gasteiger partial charge in [0, 0.05) is 12.6 Å². The third kappa shape index (κ3) is 3.93. The Morgan fingerprint density at radius 2 is 1.90 bits per heavy atom. The van der Waals surface area contributed by atoms with Crippen LogP contribution in [0.25, 0.3) is 22.4 Å². The molecule has 0 aliphatic rings. The number of carbonyl (C=O) groups is 1. The largest absolute Gasteiger partial charge is 0.484 e. The number of fused-ring (bicyclic) bond motifs is 1. The van der Waals surface area contributed by atoms with Crippen LogP contribution in [0.5, 0.6) is 5.75 Å². The van der Waals surface area contributed by atoms with Gasteiger partial charge in [-0.25, -0.2) is 4.98 Å². The number of hydrogen-bond acceptors (Lipinski definition) is 6. The molecule has 0 unspecified atom stereocenters. The second kappa shape index (κ2) is 7.70. The highest BCUT2D eigenvalue weighted by Crippen LogP contribution is 2.20. The number of nitrogens with one attached hydrogen (secondary N) is 1. The van der Waals surface area contributed by atoms with Crippen LogP contribution in [-0.2, 0) is 18.9 Å². The number of nitrogens with zero attached hydrogens (tertiary/aromatic N) is 6. The molecule has 0 aliphatic carbocycles. The molecule has 0 fully saturated rings. The predicted molar refractivity (Wildman–Crippen MR) is 107 cm³/mol. The molecule has 2 heterocycles. The molecule has 2 aromatic heterocycles. The first kappa shape index (κ1) is 18.6. The summed E-state index contributed by atoms with van der Waals surface area (Å²) in [6.45, 7) is 1.82. The highest BCUT2D eigenvalue weighted by atomic mass is 16.5. The van der Waals surface area contributed by atoms with Gasteiger partial charge in [-0.15, -0.1) is 10.2 Å². The summed E-state index contributed by atoms with van der Waals surface area (Å²) in [5.41, 5.74) is 2.75. The summed E-state index contributed by atoms with van der Waals surface area (Å²) in [4.78, 5) is 18.3. The minimum Gasteiger partial charge on any atom is -0.484 e. The van der Waals surface area contributed by atoms with Crippen LogP contribution in [-0.4, -0.2) is 42.3 Å². The first-order chi connectivity index (χ1) is 14.0. The van der Waals surface area contributed by atoms with E-state index in [1.54, 1.807) is 19.2 Å². The highest BCUT2D eigenvalue weighted by molar-refractivity contribution is 5.79. The van der Waals surface area contributed by atoms with Crippen LogP contribution in [0.15, 0.2) is 48.5 Å². The van der Waals surface area contributed by atoms with Crippen LogP contribution in [0.1, 0.15) is 18.8 Å². The number of tetrazole rings is 1. The van der Waals surface area contributed by atoms with Gasteiger partial charge in [-0.05, 0) is 48.5 Å². The van der Waals surface area contributed by atoms with E-state index in [0.29, 0.717) is 11.6 Å². The van der Waals surface area contributed by atoms with Crippen molar-refractivity contribution in [3.8, 4) is 17.1 Å². The van der Waals surface area contributed by atoms with Crippen molar-refractivity contribution in [2.75, 3.05) is 6.61 Å². The average Bonchev–Trinajstić information content (AvgIpc) is 3.31. The molecule has 0 saturated carbocycles. The number of benzene rings is 2. The maximum atomic E-state index is 12.3. The third-order valence-corrected chi connectivity index (χ3v) is 4.58. The van der Waals surface area contributed by atoms with Crippen molar-refractivity contribution in [1.82, 2.24) is 35.1 Å². The molecule has 1 N–H and O–H groups in total.